The zero-order valence-corrected chi connectivity index (χ0v) is 15.9. The fraction of sp³-hybridized carbons (Fsp3) is 0.444. The highest BCUT2D eigenvalue weighted by Gasteiger charge is 2.42. The van der Waals surface area contributed by atoms with Crippen molar-refractivity contribution in [3.63, 3.8) is 0 Å². The van der Waals surface area contributed by atoms with Gasteiger partial charge in [-0.2, -0.15) is 13.8 Å². The summed E-state index contributed by atoms with van der Waals surface area (Å²) < 4.78 is 39.0. The molecule has 0 saturated carbocycles. The number of hydrogen-bond acceptors (Lipinski definition) is 9. The lowest BCUT2D eigenvalue weighted by Crippen LogP contribution is -2.67. The molecule has 5 heterocycles. The van der Waals surface area contributed by atoms with Gasteiger partial charge in [-0.25, -0.2) is 4.98 Å². The number of hydrogen-bond donors (Lipinski definition) is 3. The van der Waals surface area contributed by atoms with Crippen molar-refractivity contribution in [2.75, 3.05) is 24.6 Å². The summed E-state index contributed by atoms with van der Waals surface area (Å²) in [6.07, 6.45) is -3.60. The van der Waals surface area contributed by atoms with Gasteiger partial charge in [-0.05, 0) is 18.6 Å². The third kappa shape index (κ3) is 3.23. The lowest BCUT2D eigenvalue weighted by molar-refractivity contribution is -0.246. The van der Waals surface area contributed by atoms with E-state index in [0.717, 1.165) is 6.42 Å². The van der Waals surface area contributed by atoms with E-state index < -0.39 is 18.8 Å². The minimum Gasteiger partial charge on any atom is -0.428 e. The molecule has 3 atom stereocenters. The predicted octanol–water partition coefficient (Wildman–Crippen LogP) is 1.83. The minimum atomic E-state index is -3.99. The molecule has 0 amide bonds. The third-order valence-electron chi connectivity index (χ3n) is 5.16. The van der Waals surface area contributed by atoms with Gasteiger partial charge in [0.05, 0.1) is 12.2 Å². The van der Waals surface area contributed by atoms with Crippen LogP contribution in [-0.2, 0) is 0 Å². The SMILES string of the molecule is OCC(O)C(F)(F)Oc1ccc(-c2nccs2)c2oc(N3CC4CC(C3)N4)nc12. The van der Waals surface area contributed by atoms with Gasteiger partial charge in [0.2, 0.25) is 0 Å². The molecule has 2 bridgehead atoms. The Balaban J connectivity index is 1.58. The summed E-state index contributed by atoms with van der Waals surface area (Å²) in [6.45, 7) is 0.290. The molecule has 3 unspecified atom stereocenters. The average Bonchev–Trinajstić information content (AvgIpc) is 3.37. The van der Waals surface area contributed by atoms with E-state index in [1.165, 1.54) is 17.4 Å². The van der Waals surface area contributed by atoms with Gasteiger partial charge >= 0.3 is 6.11 Å². The summed E-state index contributed by atoms with van der Waals surface area (Å²) in [5, 5.41) is 24.1. The van der Waals surface area contributed by atoms with Crippen molar-refractivity contribution in [1.29, 1.82) is 0 Å². The first kappa shape index (κ1) is 18.7. The van der Waals surface area contributed by atoms with E-state index in [9.17, 15) is 13.9 Å². The Bertz CT molecular complexity index is 1010. The highest BCUT2D eigenvalue weighted by Crippen LogP contribution is 2.40. The van der Waals surface area contributed by atoms with Crippen LogP contribution in [0.5, 0.6) is 5.75 Å². The minimum absolute atomic E-state index is 0.115. The number of nitrogens with zero attached hydrogens (tertiary/aromatic N) is 3. The van der Waals surface area contributed by atoms with Gasteiger partial charge in [-0.1, -0.05) is 0 Å². The van der Waals surface area contributed by atoms with Gasteiger partial charge < -0.3 is 29.6 Å². The number of piperazine rings is 1. The lowest BCUT2D eigenvalue weighted by Gasteiger charge is -2.47. The zero-order chi connectivity index (χ0) is 20.2. The van der Waals surface area contributed by atoms with E-state index in [1.54, 1.807) is 17.6 Å². The molecule has 154 valence electrons. The van der Waals surface area contributed by atoms with Crippen molar-refractivity contribution >= 4 is 28.5 Å². The number of ether oxygens (including phenoxy) is 1. The van der Waals surface area contributed by atoms with Gasteiger partial charge in [0, 0.05) is 36.8 Å². The summed E-state index contributed by atoms with van der Waals surface area (Å²) in [5.74, 6) is -0.242. The Morgan fingerprint density at radius 3 is 2.79 bits per heavy atom. The molecule has 1 aromatic carbocycles. The number of fused-ring (bicyclic) bond motifs is 3. The van der Waals surface area contributed by atoms with Crippen LogP contribution in [0.2, 0.25) is 0 Å². The molecule has 2 aromatic heterocycles. The number of halogens is 2. The number of nitrogens with one attached hydrogen (secondary N) is 1. The standard InChI is InChI=1S/C18H18F2N4O4S/c19-18(20,13(26)8-25)28-12-2-1-11(16-21-3-4-29-16)15-14(12)23-17(27-15)24-6-9-5-10(7-24)22-9/h1-4,9-10,13,22,25-26H,5-8H2. The van der Waals surface area contributed by atoms with E-state index in [1.807, 2.05) is 4.90 Å². The summed E-state index contributed by atoms with van der Waals surface area (Å²) in [6, 6.07) is 3.97. The Morgan fingerprint density at radius 2 is 2.14 bits per heavy atom. The number of aliphatic hydroxyl groups excluding tert-OH is 2. The van der Waals surface area contributed by atoms with Crippen LogP contribution >= 0.6 is 11.3 Å². The fourth-order valence-corrected chi connectivity index (χ4v) is 4.37. The highest BCUT2D eigenvalue weighted by molar-refractivity contribution is 7.13. The molecule has 0 radical (unpaired) electrons. The number of alkyl halides is 2. The van der Waals surface area contributed by atoms with Gasteiger partial charge in [0.15, 0.2) is 23.0 Å². The fourth-order valence-electron chi connectivity index (χ4n) is 3.71. The smallest absolute Gasteiger partial charge is 0.426 e. The van der Waals surface area contributed by atoms with E-state index in [0.29, 0.717) is 41.8 Å². The van der Waals surface area contributed by atoms with Crippen LogP contribution < -0.4 is 15.0 Å². The molecule has 29 heavy (non-hydrogen) atoms. The number of benzene rings is 1. The molecule has 3 saturated heterocycles. The van der Waals surface area contributed by atoms with Gasteiger partial charge in [-0.15, -0.1) is 11.3 Å². The van der Waals surface area contributed by atoms with Gasteiger partial charge in [-0.3, -0.25) is 0 Å². The summed E-state index contributed by atoms with van der Waals surface area (Å²) >= 11 is 1.39. The predicted molar refractivity (Wildman–Crippen MR) is 101 cm³/mol. The largest absolute Gasteiger partial charge is 0.428 e. The molecule has 3 aliphatic heterocycles. The molecular formula is C18H18F2N4O4S. The van der Waals surface area contributed by atoms with Crippen LogP contribution in [-0.4, -0.2) is 64.2 Å². The van der Waals surface area contributed by atoms with E-state index in [-0.39, 0.29) is 16.8 Å². The highest BCUT2D eigenvalue weighted by atomic mass is 32.1. The summed E-state index contributed by atoms with van der Waals surface area (Å²) in [4.78, 5) is 10.7. The molecular weight excluding hydrogens is 406 g/mol. The monoisotopic (exact) mass is 424 g/mol. The van der Waals surface area contributed by atoms with Gasteiger partial charge in [0.25, 0.3) is 6.01 Å². The van der Waals surface area contributed by atoms with Crippen LogP contribution in [0.15, 0.2) is 28.1 Å². The molecule has 0 aliphatic carbocycles. The maximum Gasteiger partial charge on any atom is 0.426 e. The molecule has 11 heteroatoms. The van der Waals surface area contributed by atoms with Crippen LogP contribution in [0.3, 0.4) is 0 Å². The number of aromatic nitrogens is 2. The zero-order valence-electron chi connectivity index (χ0n) is 15.1. The van der Waals surface area contributed by atoms with Gasteiger partial charge in [0.1, 0.15) is 5.01 Å². The quantitative estimate of drug-likeness (QED) is 0.551. The van der Waals surface area contributed by atoms with Crippen molar-refractivity contribution < 1.29 is 28.1 Å². The normalized spacial score (nSPS) is 22.6. The van der Waals surface area contributed by atoms with E-state index in [2.05, 4.69) is 15.3 Å². The third-order valence-corrected chi connectivity index (χ3v) is 5.96. The Kier molecular flexibility index (Phi) is 4.42. The lowest BCUT2D eigenvalue weighted by atomic mass is 9.92. The second-order valence-electron chi connectivity index (χ2n) is 7.19. The first-order valence-corrected chi connectivity index (χ1v) is 10.0. The molecule has 3 N–H and O–H groups in total. The molecule has 0 spiro atoms. The number of piperidine rings is 1. The summed E-state index contributed by atoms with van der Waals surface area (Å²) in [7, 11) is 0. The Labute approximate surface area is 167 Å². The number of aliphatic hydroxyl groups is 2. The van der Waals surface area contributed by atoms with Crippen molar-refractivity contribution in [3.8, 4) is 16.3 Å². The maximum atomic E-state index is 14.1. The molecule has 3 aromatic rings. The van der Waals surface area contributed by atoms with Crippen molar-refractivity contribution in [3.05, 3.63) is 23.7 Å². The Morgan fingerprint density at radius 1 is 1.38 bits per heavy atom. The molecule has 8 nitrogen and oxygen atoms in total. The first-order chi connectivity index (χ1) is 13.9. The summed E-state index contributed by atoms with van der Waals surface area (Å²) in [5.41, 5.74) is 1.02. The second-order valence-corrected chi connectivity index (χ2v) is 8.08. The van der Waals surface area contributed by atoms with Crippen LogP contribution in [0.4, 0.5) is 14.8 Å². The maximum absolute atomic E-state index is 14.1. The van der Waals surface area contributed by atoms with Crippen molar-refractivity contribution in [2.24, 2.45) is 0 Å². The number of rotatable bonds is 6. The Hall–Kier alpha value is -2.34. The average molecular weight is 424 g/mol. The number of oxazole rings is 1. The molecule has 3 fully saturated rings. The van der Waals surface area contributed by atoms with Crippen LogP contribution in [0, 0.1) is 0 Å². The van der Waals surface area contributed by atoms with Crippen LogP contribution in [0.25, 0.3) is 21.7 Å². The molecule has 3 aliphatic rings. The topological polar surface area (TPSA) is 104 Å². The van der Waals surface area contributed by atoms with Crippen molar-refractivity contribution in [1.82, 2.24) is 15.3 Å². The van der Waals surface area contributed by atoms with E-state index in [4.69, 9.17) is 14.3 Å². The van der Waals surface area contributed by atoms with Crippen LogP contribution in [0.1, 0.15) is 6.42 Å². The number of anilines is 1. The number of thiazole rings is 1. The van der Waals surface area contributed by atoms with Crippen molar-refractivity contribution in [2.45, 2.75) is 30.7 Å². The molecule has 6 rings (SSSR count). The second kappa shape index (κ2) is 6.87. The van der Waals surface area contributed by atoms with E-state index >= 15 is 0 Å². The first-order valence-electron chi connectivity index (χ1n) is 9.15.